The number of fused-ring (bicyclic) bond motifs is 1. The Morgan fingerprint density at radius 2 is 2.33 bits per heavy atom. The molecule has 1 amide bonds. The molecule has 0 aliphatic carbocycles. The lowest BCUT2D eigenvalue weighted by Crippen LogP contribution is -2.46. The zero-order valence-corrected chi connectivity index (χ0v) is 10.3. The summed E-state index contributed by atoms with van der Waals surface area (Å²) in [6.07, 6.45) is 2.71. The molecule has 1 unspecified atom stereocenters. The van der Waals surface area contributed by atoms with Crippen molar-refractivity contribution in [3.8, 4) is 0 Å². The monoisotopic (exact) mass is 244 g/mol. The van der Waals surface area contributed by atoms with Gasteiger partial charge in [-0.05, 0) is 31.5 Å². The van der Waals surface area contributed by atoms with Crippen molar-refractivity contribution in [3.63, 3.8) is 0 Å². The Morgan fingerprint density at radius 1 is 1.44 bits per heavy atom. The first-order valence-corrected chi connectivity index (χ1v) is 6.14. The van der Waals surface area contributed by atoms with Gasteiger partial charge in [-0.2, -0.15) is 0 Å². The van der Waals surface area contributed by atoms with Crippen LogP contribution in [0.25, 0.3) is 10.9 Å². The molecule has 3 rings (SSSR count). The molecule has 0 radical (unpaired) electrons. The van der Waals surface area contributed by atoms with E-state index in [0.29, 0.717) is 18.8 Å². The number of hydrogen-bond donors (Lipinski definition) is 2. The van der Waals surface area contributed by atoms with Crippen molar-refractivity contribution in [2.24, 2.45) is 0 Å². The summed E-state index contributed by atoms with van der Waals surface area (Å²) in [5.41, 5.74) is 1.45. The van der Waals surface area contributed by atoms with Gasteiger partial charge in [-0.3, -0.25) is 4.79 Å². The van der Waals surface area contributed by atoms with Gasteiger partial charge in [0, 0.05) is 29.3 Å². The molecule has 2 N–H and O–H groups in total. The number of aromatic nitrogens is 1. The Kier molecular flexibility index (Phi) is 2.59. The number of aromatic amines is 1. The smallest absolute Gasteiger partial charge is 0.252 e. The van der Waals surface area contributed by atoms with Crippen molar-refractivity contribution >= 4 is 16.8 Å². The van der Waals surface area contributed by atoms with E-state index in [4.69, 9.17) is 4.74 Å². The van der Waals surface area contributed by atoms with E-state index in [9.17, 15) is 4.79 Å². The van der Waals surface area contributed by atoms with Gasteiger partial charge in [0.15, 0.2) is 0 Å². The van der Waals surface area contributed by atoms with E-state index in [1.165, 1.54) is 0 Å². The largest absolute Gasteiger partial charge is 0.379 e. The van der Waals surface area contributed by atoms with Gasteiger partial charge < -0.3 is 15.0 Å². The molecule has 1 aromatic heterocycles. The number of nitrogens with one attached hydrogen (secondary N) is 2. The Labute approximate surface area is 105 Å². The van der Waals surface area contributed by atoms with Gasteiger partial charge in [0.1, 0.15) is 0 Å². The lowest BCUT2D eigenvalue weighted by atomic mass is 10.0. The fourth-order valence-electron chi connectivity index (χ4n) is 2.39. The van der Waals surface area contributed by atoms with Crippen LogP contribution in [0, 0.1) is 0 Å². The Hall–Kier alpha value is -1.81. The van der Waals surface area contributed by atoms with Crippen molar-refractivity contribution in [2.45, 2.75) is 18.9 Å². The Morgan fingerprint density at radius 3 is 3.11 bits per heavy atom. The lowest BCUT2D eigenvalue weighted by Gasteiger charge is -2.23. The second-order valence-electron chi connectivity index (χ2n) is 5.06. The quantitative estimate of drug-likeness (QED) is 0.849. The van der Waals surface area contributed by atoms with Crippen LogP contribution in [0.4, 0.5) is 0 Å². The normalized spacial score (nSPS) is 23.4. The summed E-state index contributed by atoms with van der Waals surface area (Å²) in [5, 5.41) is 4.03. The van der Waals surface area contributed by atoms with E-state index < -0.39 is 0 Å². The summed E-state index contributed by atoms with van der Waals surface area (Å²) in [6, 6.07) is 7.64. The average Bonchev–Trinajstić information content (AvgIpc) is 2.96. The summed E-state index contributed by atoms with van der Waals surface area (Å²) in [5.74, 6) is -0.0341. The first-order valence-electron chi connectivity index (χ1n) is 6.14. The molecule has 1 saturated heterocycles. The van der Waals surface area contributed by atoms with Gasteiger partial charge >= 0.3 is 0 Å². The van der Waals surface area contributed by atoms with Crippen LogP contribution in [-0.2, 0) is 4.74 Å². The number of H-pyrrole nitrogens is 1. The second-order valence-corrected chi connectivity index (χ2v) is 5.06. The topological polar surface area (TPSA) is 54.1 Å². The highest BCUT2D eigenvalue weighted by Crippen LogP contribution is 2.21. The third-order valence-electron chi connectivity index (χ3n) is 3.47. The minimum atomic E-state index is -0.241. The number of ether oxygens (including phenoxy) is 1. The van der Waals surface area contributed by atoms with Crippen LogP contribution in [0.3, 0.4) is 0 Å². The molecular weight excluding hydrogens is 228 g/mol. The maximum absolute atomic E-state index is 12.3. The molecule has 18 heavy (non-hydrogen) atoms. The number of carbonyl (C=O) groups excluding carboxylic acids is 1. The van der Waals surface area contributed by atoms with Gasteiger partial charge in [-0.15, -0.1) is 0 Å². The molecule has 1 atom stereocenters. The second kappa shape index (κ2) is 4.14. The molecule has 2 heterocycles. The molecule has 0 saturated carbocycles. The minimum Gasteiger partial charge on any atom is -0.379 e. The molecule has 4 heteroatoms. The van der Waals surface area contributed by atoms with Crippen LogP contribution in [0.15, 0.2) is 30.5 Å². The van der Waals surface area contributed by atoms with Crippen LogP contribution < -0.4 is 5.32 Å². The Balaban J connectivity index is 1.90. The van der Waals surface area contributed by atoms with Gasteiger partial charge in [0.25, 0.3) is 5.91 Å². The molecule has 0 spiro atoms. The van der Waals surface area contributed by atoms with E-state index in [2.05, 4.69) is 10.3 Å². The van der Waals surface area contributed by atoms with Crippen molar-refractivity contribution in [1.29, 1.82) is 0 Å². The highest BCUT2D eigenvalue weighted by Gasteiger charge is 2.31. The van der Waals surface area contributed by atoms with Crippen LogP contribution >= 0.6 is 0 Å². The van der Waals surface area contributed by atoms with Gasteiger partial charge in [-0.25, -0.2) is 0 Å². The van der Waals surface area contributed by atoms with E-state index in [0.717, 1.165) is 17.3 Å². The maximum Gasteiger partial charge on any atom is 0.252 e. The number of amides is 1. The first-order chi connectivity index (χ1) is 8.68. The molecule has 1 aliphatic heterocycles. The minimum absolute atomic E-state index is 0.0341. The van der Waals surface area contributed by atoms with Crippen LogP contribution in [0.1, 0.15) is 23.7 Å². The van der Waals surface area contributed by atoms with E-state index >= 15 is 0 Å². The Bertz CT molecular complexity index is 582. The summed E-state index contributed by atoms with van der Waals surface area (Å²) in [6.45, 7) is 3.32. The predicted octanol–water partition coefficient (Wildman–Crippen LogP) is 2.08. The van der Waals surface area contributed by atoms with Crippen molar-refractivity contribution in [2.75, 3.05) is 13.2 Å². The molecular formula is C14H16N2O2. The first kappa shape index (κ1) is 11.3. The SMILES string of the molecule is CC1(NC(=O)c2cccc3[nH]ccc23)CCOC1. The third-order valence-corrected chi connectivity index (χ3v) is 3.47. The lowest BCUT2D eigenvalue weighted by molar-refractivity contribution is 0.0891. The number of carbonyl (C=O) groups is 1. The fraction of sp³-hybridized carbons (Fsp3) is 0.357. The summed E-state index contributed by atoms with van der Waals surface area (Å²) in [7, 11) is 0. The summed E-state index contributed by atoms with van der Waals surface area (Å²) < 4.78 is 5.35. The number of benzene rings is 1. The van der Waals surface area contributed by atoms with Gasteiger partial charge in [0.05, 0.1) is 12.1 Å². The van der Waals surface area contributed by atoms with Crippen LogP contribution in [0.5, 0.6) is 0 Å². The zero-order valence-electron chi connectivity index (χ0n) is 10.3. The molecule has 4 nitrogen and oxygen atoms in total. The standard InChI is InChI=1S/C14H16N2O2/c1-14(6-8-18-9-14)16-13(17)11-3-2-4-12-10(11)5-7-15-12/h2-5,7,15H,6,8-9H2,1H3,(H,16,17). The molecule has 1 fully saturated rings. The van der Waals surface area contributed by atoms with E-state index in [1.54, 1.807) is 0 Å². The highest BCUT2D eigenvalue weighted by atomic mass is 16.5. The third kappa shape index (κ3) is 1.88. The summed E-state index contributed by atoms with van der Waals surface area (Å²) >= 11 is 0. The molecule has 94 valence electrons. The van der Waals surface area contributed by atoms with Gasteiger partial charge in [0.2, 0.25) is 0 Å². The molecule has 1 aromatic carbocycles. The van der Waals surface area contributed by atoms with E-state index in [-0.39, 0.29) is 11.4 Å². The van der Waals surface area contributed by atoms with Crippen molar-refractivity contribution in [1.82, 2.24) is 10.3 Å². The average molecular weight is 244 g/mol. The number of hydrogen-bond acceptors (Lipinski definition) is 2. The summed E-state index contributed by atoms with van der Waals surface area (Å²) in [4.78, 5) is 15.5. The zero-order chi connectivity index (χ0) is 12.6. The van der Waals surface area contributed by atoms with Crippen LogP contribution in [0.2, 0.25) is 0 Å². The maximum atomic E-state index is 12.3. The van der Waals surface area contributed by atoms with Crippen molar-refractivity contribution in [3.05, 3.63) is 36.0 Å². The van der Waals surface area contributed by atoms with Gasteiger partial charge in [-0.1, -0.05) is 6.07 Å². The fourth-order valence-corrected chi connectivity index (χ4v) is 2.39. The molecule has 1 aliphatic rings. The molecule has 0 bridgehead atoms. The molecule has 2 aromatic rings. The van der Waals surface area contributed by atoms with Crippen molar-refractivity contribution < 1.29 is 9.53 Å². The van der Waals surface area contributed by atoms with E-state index in [1.807, 2.05) is 37.4 Å². The predicted molar refractivity (Wildman–Crippen MR) is 69.6 cm³/mol. The van der Waals surface area contributed by atoms with Crippen LogP contribution in [-0.4, -0.2) is 29.6 Å². The number of rotatable bonds is 2. The highest BCUT2D eigenvalue weighted by molar-refractivity contribution is 6.06.